The van der Waals surface area contributed by atoms with E-state index in [0.29, 0.717) is 16.2 Å². The molecule has 0 aliphatic rings. The Hall–Kier alpha value is 0. The highest BCUT2D eigenvalue weighted by Gasteiger charge is 2.46. The molecule has 0 rings (SSSR count). The third-order valence-electron chi connectivity index (χ3n) is 4.88. The van der Waals surface area contributed by atoms with Crippen LogP contribution in [0.25, 0.3) is 0 Å². The van der Waals surface area contributed by atoms with Crippen LogP contribution < -0.4 is 0 Å². The average Bonchev–Trinajstić information content (AvgIpc) is 2.03. The highest BCUT2D eigenvalue weighted by atomic mass is 14.5. The van der Waals surface area contributed by atoms with E-state index in [1.807, 2.05) is 0 Å². The third kappa shape index (κ3) is 2.77. The lowest BCUT2D eigenvalue weighted by Gasteiger charge is -2.53. The van der Waals surface area contributed by atoms with Crippen molar-refractivity contribution in [3.05, 3.63) is 0 Å². The monoisotopic (exact) mass is 212 g/mol. The van der Waals surface area contributed by atoms with Gasteiger partial charge in [0.1, 0.15) is 0 Å². The van der Waals surface area contributed by atoms with Gasteiger partial charge in [-0.1, -0.05) is 62.3 Å². The summed E-state index contributed by atoms with van der Waals surface area (Å²) < 4.78 is 0. The normalized spacial score (nSPS) is 16.6. The van der Waals surface area contributed by atoms with E-state index in [4.69, 9.17) is 0 Å². The van der Waals surface area contributed by atoms with Crippen molar-refractivity contribution in [2.45, 2.75) is 75.2 Å². The van der Waals surface area contributed by atoms with Crippen molar-refractivity contribution in [3.8, 4) is 0 Å². The smallest absolute Gasteiger partial charge is 0.0223 e. The summed E-state index contributed by atoms with van der Waals surface area (Å²) in [5, 5.41) is 0. The number of hydrogen-bond donors (Lipinski definition) is 0. The van der Waals surface area contributed by atoms with Gasteiger partial charge in [0.25, 0.3) is 0 Å². The second-order valence-corrected chi connectivity index (χ2v) is 7.20. The van der Waals surface area contributed by atoms with Crippen LogP contribution in [0, 0.1) is 22.2 Å². The van der Waals surface area contributed by atoms with Crippen molar-refractivity contribution < 1.29 is 0 Å². The van der Waals surface area contributed by atoms with E-state index in [9.17, 15) is 0 Å². The minimum absolute atomic E-state index is 0.392. The second-order valence-electron chi connectivity index (χ2n) is 7.20. The first-order chi connectivity index (χ1) is 6.53. The van der Waals surface area contributed by atoms with Crippen LogP contribution in [0.2, 0.25) is 0 Å². The first-order valence-electron chi connectivity index (χ1n) is 6.53. The molecule has 0 radical (unpaired) electrons. The zero-order valence-electron chi connectivity index (χ0n) is 12.5. The third-order valence-corrected chi connectivity index (χ3v) is 4.88. The zero-order valence-corrected chi connectivity index (χ0v) is 12.5. The Morgan fingerprint density at radius 1 is 0.800 bits per heavy atom. The lowest BCUT2D eigenvalue weighted by atomic mass is 9.52. The minimum Gasteiger partial charge on any atom is -0.0648 e. The summed E-state index contributed by atoms with van der Waals surface area (Å²) in [5.74, 6) is 0.750. The Labute approximate surface area is 97.8 Å². The minimum atomic E-state index is 0.392. The highest BCUT2D eigenvalue weighted by molar-refractivity contribution is 4.95. The van der Waals surface area contributed by atoms with E-state index >= 15 is 0 Å². The predicted molar refractivity (Wildman–Crippen MR) is 71.1 cm³/mol. The van der Waals surface area contributed by atoms with E-state index in [1.54, 1.807) is 0 Å². The van der Waals surface area contributed by atoms with Gasteiger partial charge in [0.05, 0.1) is 0 Å². The highest BCUT2D eigenvalue weighted by Crippen LogP contribution is 2.55. The van der Waals surface area contributed by atoms with Crippen molar-refractivity contribution in [3.63, 3.8) is 0 Å². The molecule has 0 aliphatic heterocycles. The first-order valence-corrected chi connectivity index (χ1v) is 6.53. The van der Waals surface area contributed by atoms with Crippen LogP contribution >= 0.6 is 0 Å². The average molecular weight is 212 g/mol. The zero-order chi connectivity index (χ0) is 12.5. The molecule has 0 aromatic heterocycles. The molecule has 0 saturated heterocycles. The van der Waals surface area contributed by atoms with Gasteiger partial charge in [-0.15, -0.1) is 0 Å². The Morgan fingerprint density at radius 2 is 1.13 bits per heavy atom. The van der Waals surface area contributed by atoms with Gasteiger partial charge >= 0.3 is 0 Å². The van der Waals surface area contributed by atoms with E-state index in [1.165, 1.54) is 12.8 Å². The second kappa shape index (κ2) is 4.47. The molecule has 0 nitrogen and oxygen atoms in total. The lowest BCUT2D eigenvalue weighted by molar-refractivity contribution is -0.0374. The molecule has 0 heteroatoms. The molecule has 0 amide bonds. The van der Waals surface area contributed by atoms with Crippen molar-refractivity contribution in [1.82, 2.24) is 0 Å². The van der Waals surface area contributed by atoms with Gasteiger partial charge < -0.3 is 0 Å². The van der Waals surface area contributed by atoms with Gasteiger partial charge in [-0.3, -0.25) is 0 Å². The van der Waals surface area contributed by atoms with Crippen LogP contribution in [0.15, 0.2) is 0 Å². The maximum absolute atomic E-state index is 2.44. The number of rotatable bonds is 3. The molecule has 15 heavy (non-hydrogen) atoms. The van der Waals surface area contributed by atoms with Crippen LogP contribution in [-0.4, -0.2) is 0 Å². The molecule has 0 aromatic carbocycles. The molecule has 1 atom stereocenters. The summed E-state index contributed by atoms with van der Waals surface area (Å²) in [6.45, 7) is 21.5. The summed E-state index contributed by atoms with van der Waals surface area (Å²) in [4.78, 5) is 0. The lowest BCUT2D eigenvalue weighted by Crippen LogP contribution is -2.45. The van der Waals surface area contributed by atoms with Gasteiger partial charge in [0.2, 0.25) is 0 Å². The molecular formula is C15H32. The van der Waals surface area contributed by atoms with Crippen LogP contribution in [0.3, 0.4) is 0 Å². The van der Waals surface area contributed by atoms with Crippen LogP contribution in [0.5, 0.6) is 0 Å². The molecular weight excluding hydrogens is 180 g/mol. The van der Waals surface area contributed by atoms with E-state index < -0.39 is 0 Å². The van der Waals surface area contributed by atoms with Gasteiger partial charge in [0.15, 0.2) is 0 Å². The standard InChI is InChI=1S/C15H32/c1-10-15(11-2,14(7,8)9)12(3)13(4,5)6/h12H,10-11H2,1-9H3. The summed E-state index contributed by atoms with van der Waals surface area (Å²) in [6.07, 6.45) is 2.57. The fourth-order valence-corrected chi connectivity index (χ4v) is 3.40. The van der Waals surface area contributed by atoms with Gasteiger partial charge in [-0.25, -0.2) is 0 Å². The first kappa shape index (κ1) is 15.0. The van der Waals surface area contributed by atoms with Gasteiger partial charge in [0, 0.05) is 0 Å². The summed E-state index contributed by atoms with van der Waals surface area (Å²) in [5.41, 5.74) is 1.26. The molecule has 0 bridgehead atoms. The van der Waals surface area contributed by atoms with E-state index in [-0.39, 0.29) is 0 Å². The molecule has 0 heterocycles. The topological polar surface area (TPSA) is 0 Å². The van der Waals surface area contributed by atoms with Crippen LogP contribution in [0.1, 0.15) is 75.2 Å². The summed E-state index contributed by atoms with van der Waals surface area (Å²) in [6, 6.07) is 0. The molecule has 0 fully saturated rings. The largest absolute Gasteiger partial charge is 0.0648 e. The number of hydrogen-bond acceptors (Lipinski definition) is 0. The van der Waals surface area contributed by atoms with Gasteiger partial charge in [-0.2, -0.15) is 0 Å². The Kier molecular flexibility index (Phi) is 4.47. The Balaban J connectivity index is 5.30. The molecule has 0 saturated carbocycles. The van der Waals surface area contributed by atoms with Crippen molar-refractivity contribution in [1.29, 1.82) is 0 Å². The molecule has 0 spiro atoms. The van der Waals surface area contributed by atoms with Crippen molar-refractivity contribution in [2.75, 3.05) is 0 Å². The maximum Gasteiger partial charge on any atom is -0.0223 e. The molecule has 0 aliphatic carbocycles. The molecule has 92 valence electrons. The molecule has 1 unspecified atom stereocenters. The fraction of sp³-hybridized carbons (Fsp3) is 1.00. The SMILES string of the molecule is CCC(CC)(C(C)C(C)(C)C)C(C)(C)C. The van der Waals surface area contributed by atoms with Crippen molar-refractivity contribution >= 4 is 0 Å². The Morgan fingerprint density at radius 3 is 1.20 bits per heavy atom. The molecule has 0 aromatic rings. The quantitative estimate of drug-likeness (QED) is 0.577. The van der Waals surface area contributed by atoms with Crippen LogP contribution in [-0.2, 0) is 0 Å². The van der Waals surface area contributed by atoms with E-state index in [2.05, 4.69) is 62.3 Å². The van der Waals surface area contributed by atoms with E-state index in [0.717, 1.165) is 5.92 Å². The summed E-state index contributed by atoms with van der Waals surface area (Å²) in [7, 11) is 0. The maximum atomic E-state index is 2.44. The summed E-state index contributed by atoms with van der Waals surface area (Å²) >= 11 is 0. The molecule has 0 N–H and O–H groups in total. The van der Waals surface area contributed by atoms with Gasteiger partial charge in [-0.05, 0) is 35.0 Å². The fourth-order valence-electron chi connectivity index (χ4n) is 3.40. The Bertz CT molecular complexity index is 183. The van der Waals surface area contributed by atoms with Crippen molar-refractivity contribution in [2.24, 2.45) is 22.2 Å². The predicted octanol–water partition coefficient (Wildman–Crippen LogP) is 5.52. The van der Waals surface area contributed by atoms with Crippen LogP contribution in [0.4, 0.5) is 0 Å².